The molecule has 7 nitrogen and oxygen atoms in total. The summed E-state index contributed by atoms with van der Waals surface area (Å²) in [5.41, 5.74) is -0.0140. The van der Waals surface area contributed by atoms with Gasteiger partial charge in [-0.2, -0.15) is 0 Å². The van der Waals surface area contributed by atoms with Gasteiger partial charge in [0.25, 0.3) is 5.69 Å². The Kier molecular flexibility index (Phi) is 4.06. The summed E-state index contributed by atoms with van der Waals surface area (Å²) >= 11 is 0. The lowest BCUT2D eigenvalue weighted by Gasteiger charge is -2.35. The van der Waals surface area contributed by atoms with Crippen molar-refractivity contribution in [1.82, 2.24) is 4.98 Å². The lowest BCUT2D eigenvalue weighted by atomic mass is 10.1. The van der Waals surface area contributed by atoms with Gasteiger partial charge in [-0.25, -0.2) is 4.98 Å². The molecule has 0 radical (unpaired) electrons. The summed E-state index contributed by atoms with van der Waals surface area (Å²) in [6.45, 7) is 3.80. The molecule has 0 saturated carbocycles. The number of nitrogens with zero attached hydrogens (tertiary/aromatic N) is 3. The minimum atomic E-state index is -0.451. The molecular formula is C15H17N3O4. The number of ether oxygens (including phenoxy) is 1. The maximum absolute atomic E-state index is 10.7. The Morgan fingerprint density at radius 1 is 1.41 bits per heavy atom. The van der Waals surface area contributed by atoms with E-state index in [1.807, 2.05) is 19.1 Å². The average molecular weight is 303 g/mol. The number of aryl methyl sites for hydroxylation is 1. The van der Waals surface area contributed by atoms with E-state index >= 15 is 0 Å². The Morgan fingerprint density at radius 3 is 2.91 bits per heavy atom. The molecule has 22 heavy (non-hydrogen) atoms. The molecule has 0 aliphatic carbocycles. The van der Waals surface area contributed by atoms with Crippen molar-refractivity contribution in [2.24, 2.45) is 0 Å². The number of morpholine rings is 1. The predicted molar refractivity (Wildman–Crippen MR) is 79.9 cm³/mol. The van der Waals surface area contributed by atoms with Crippen molar-refractivity contribution in [2.45, 2.75) is 19.4 Å². The fraction of sp³-hybridized carbons (Fsp3) is 0.400. The first kappa shape index (κ1) is 14.5. The maximum Gasteiger partial charge on any atom is 0.287 e. The fourth-order valence-corrected chi connectivity index (χ4v) is 2.53. The predicted octanol–water partition coefficient (Wildman–Crippen LogP) is 2.72. The van der Waals surface area contributed by atoms with Crippen molar-refractivity contribution in [3.05, 3.63) is 52.1 Å². The number of nitro groups is 1. The van der Waals surface area contributed by atoms with Gasteiger partial charge < -0.3 is 14.1 Å². The number of aromatic nitrogens is 1. The summed E-state index contributed by atoms with van der Waals surface area (Å²) in [7, 11) is 0. The zero-order valence-electron chi connectivity index (χ0n) is 12.3. The van der Waals surface area contributed by atoms with Crippen LogP contribution in [0.3, 0.4) is 0 Å². The Labute approximate surface area is 127 Å². The van der Waals surface area contributed by atoms with Crippen molar-refractivity contribution in [3.8, 4) is 0 Å². The van der Waals surface area contributed by atoms with E-state index in [1.54, 1.807) is 6.07 Å². The SMILES string of the molecule is CCc1ccc([C@@H]2COCCN2c2ccc([N+](=O)[O-])cn2)o1. The molecule has 3 heterocycles. The van der Waals surface area contributed by atoms with E-state index in [0.29, 0.717) is 25.6 Å². The molecule has 0 unspecified atom stereocenters. The molecule has 1 fully saturated rings. The van der Waals surface area contributed by atoms with Crippen molar-refractivity contribution in [3.63, 3.8) is 0 Å². The number of hydrogen-bond donors (Lipinski definition) is 0. The van der Waals surface area contributed by atoms with E-state index in [2.05, 4.69) is 9.88 Å². The third kappa shape index (κ3) is 2.80. The van der Waals surface area contributed by atoms with Crippen LogP contribution in [-0.2, 0) is 11.2 Å². The molecule has 0 spiro atoms. The average Bonchev–Trinajstić information content (AvgIpc) is 3.04. The first-order valence-corrected chi connectivity index (χ1v) is 7.22. The highest BCUT2D eigenvalue weighted by Crippen LogP contribution is 2.30. The van der Waals surface area contributed by atoms with Crippen molar-refractivity contribution in [2.75, 3.05) is 24.7 Å². The highest BCUT2D eigenvalue weighted by Gasteiger charge is 2.28. The van der Waals surface area contributed by atoms with Gasteiger partial charge in [0.2, 0.25) is 0 Å². The summed E-state index contributed by atoms with van der Waals surface area (Å²) in [6.07, 6.45) is 2.12. The lowest BCUT2D eigenvalue weighted by molar-refractivity contribution is -0.385. The van der Waals surface area contributed by atoms with Crippen LogP contribution in [0.25, 0.3) is 0 Å². The van der Waals surface area contributed by atoms with E-state index in [-0.39, 0.29) is 11.7 Å². The molecule has 0 aromatic carbocycles. The van der Waals surface area contributed by atoms with Crippen LogP contribution in [0.15, 0.2) is 34.9 Å². The zero-order chi connectivity index (χ0) is 15.5. The Hall–Kier alpha value is -2.41. The van der Waals surface area contributed by atoms with Crippen LogP contribution >= 0.6 is 0 Å². The van der Waals surface area contributed by atoms with Crippen LogP contribution in [0.4, 0.5) is 11.5 Å². The molecule has 2 aromatic rings. The Bertz CT molecular complexity index is 653. The van der Waals surface area contributed by atoms with Gasteiger partial charge in [-0.1, -0.05) is 6.92 Å². The normalized spacial score (nSPS) is 18.4. The fourth-order valence-electron chi connectivity index (χ4n) is 2.53. The van der Waals surface area contributed by atoms with Crippen LogP contribution in [-0.4, -0.2) is 29.7 Å². The van der Waals surface area contributed by atoms with Gasteiger partial charge in [0.1, 0.15) is 29.6 Å². The second kappa shape index (κ2) is 6.15. The molecule has 0 N–H and O–H groups in total. The van der Waals surface area contributed by atoms with Crippen LogP contribution in [0.5, 0.6) is 0 Å². The molecule has 1 saturated heterocycles. The summed E-state index contributed by atoms with van der Waals surface area (Å²) in [4.78, 5) is 16.6. The summed E-state index contributed by atoms with van der Waals surface area (Å²) in [6, 6.07) is 6.99. The minimum Gasteiger partial charge on any atom is -0.464 e. The van der Waals surface area contributed by atoms with Gasteiger partial charge in [-0.15, -0.1) is 0 Å². The van der Waals surface area contributed by atoms with E-state index in [0.717, 1.165) is 17.9 Å². The third-order valence-corrected chi connectivity index (χ3v) is 3.73. The summed E-state index contributed by atoms with van der Waals surface area (Å²) in [5, 5.41) is 10.7. The largest absolute Gasteiger partial charge is 0.464 e. The Morgan fingerprint density at radius 2 is 2.27 bits per heavy atom. The van der Waals surface area contributed by atoms with Crippen LogP contribution in [0, 0.1) is 10.1 Å². The topological polar surface area (TPSA) is 81.6 Å². The molecule has 116 valence electrons. The van der Waals surface area contributed by atoms with E-state index < -0.39 is 4.92 Å². The van der Waals surface area contributed by atoms with Crippen molar-refractivity contribution in [1.29, 1.82) is 0 Å². The molecular weight excluding hydrogens is 286 g/mol. The molecule has 2 aromatic heterocycles. The molecule has 7 heteroatoms. The van der Waals surface area contributed by atoms with Gasteiger partial charge >= 0.3 is 0 Å². The van der Waals surface area contributed by atoms with Gasteiger partial charge in [-0.3, -0.25) is 10.1 Å². The molecule has 0 bridgehead atoms. The van der Waals surface area contributed by atoms with Crippen molar-refractivity contribution < 1.29 is 14.1 Å². The third-order valence-electron chi connectivity index (χ3n) is 3.73. The highest BCUT2D eigenvalue weighted by molar-refractivity contribution is 5.45. The number of rotatable bonds is 4. The smallest absolute Gasteiger partial charge is 0.287 e. The molecule has 1 atom stereocenters. The highest BCUT2D eigenvalue weighted by atomic mass is 16.6. The van der Waals surface area contributed by atoms with Gasteiger partial charge in [0.05, 0.1) is 18.1 Å². The van der Waals surface area contributed by atoms with E-state index in [1.165, 1.54) is 12.3 Å². The second-order valence-corrected chi connectivity index (χ2v) is 5.07. The first-order valence-electron chi connectivity index (χ1n) is 7.22. The van der Waals surface area contributed by atoms with Gasteiger partial charge in [-0.05, 0) is 18.2 Å². The lowest BCUT2D eigenvalue weighted by Crippen LogP contribution is -2.39. The summed E-state index contributed by atoms with van der Waals surface area (Å²) in [5.74, 6) is 2.45. The first-order chi connectivity index (χ1) is 10.7. The van der Waals surface area contributed by atoms with E-state index in [4.69, 9.17) is 9.15 Å². The van der Waals surface area contributed by atoms with Gasteiger partial charge in [0, 0.05) is 19.0 Å². The quantitative estimate of drug-likeness (QED) is 0.638. The number of pyridine rings is 1. The molecule has 0 amide bonds. The van der Waals surface area contributed by atoms with Crippen molar-refractivity contribution >= 4 is 11.5 Å². The standard InChI is InChI=1S/C15H17N3O4/c1-2-12-4-5-14(22-12)13-10-21-8-7-17(13)15-6-3-11(9-16-15)18(19)20/h3-6,9,13H,2,7-8,10H2,1H3/t13-/m0/s1. The molecule has 1 aliphatic heterocycles. The number of anilines is 1. The number of hydrogen-bond acceptors (Lipinski definition) is 6. The molecule has 3 rings (SSSR count). The summed E-state index contributed by atoms with van der Waals surface area (Å²) < 4.78 is 11.4. The Balaban J connectivity index is 1.87. The maximum atomic E-state index is 10.7. The van der Waals surface area contributed by atoms with Crippen LogP contribution in [0.2, 0.25) is 0 Å². The number of furan rings is 1. The van der Waals surface area contributed by atoms with Crippen LogP contribution in [0.1, 0.15) is 24.5 Å². The molecule has 1 aliphatic rings. The second-order valence-electron chi connectivity index (χ2n) is 5.07. The van der Waals surface area contributed by atoms with Crippen LogP contribution < -0.4 is 4.90 Å². The zero-order valence-corrected chi connectivity index (χ0v) is 12.3. The minimum absolute atomic E-state index is 0.0140. The monoisotopic (exact) mass is 303 g/mol. The van der Waals surface area contributed by atoms with E-state index in [9.17, 15) is 10.1 Å². The van der Waals surface area contributed by atoms with Gasteiger partial charge in [0.15, 0.2) is 0 Å².